The summed E-state index contributed by atoms with van der Waals surface area (Å²) in [7, 11) is 0. The Morgan fingerprint density at radius 3 is 2.37 bits per heavy atom. The van der Waals surface area contributed by atoms with E-state index in [0.717, 1.165) is 32.1 Å². The largest absolute Gasteiger partial charge is 0.481 e. The number of carboxylic acids is 1. The predicted molar refractivity (Wildman–Crippen MR) is 71.6 cm³/mol. The van der Waals surface area contributed by atoms with Gasteiger partial charge in [-0.25, -0.2) is 0 Å². The molecule has 1 fully saturated rings. The zero-order valence-corrected chi connectivity index (χ0v) is 12.1. The van der Waals surface area contributed by atoms with Crippen molar-refractivity contribution < 1.29 is 19.4 Å². The Hall–Kier alpha value is -1.10. The molecule has 0 bridgehead atoms. The lowest BCUT2D eigenvalue weighted by atomic mass is 9.70. The number of rotatable bonds is 6. The topological polar surface area (TPSA) is 75.6 Å². The quantitative estimate of drug-likeness (QED) is 0.574. The lowest BCUT2D eigenvalue weighted by Gasteiger charge is -2.44. The van der Waals surface area contributed by atoms with Crippen molar-refractivity contribution in [2.24, 2.45) is 5.41 Å². The molecule has 110 valence electrons. The van der Waals surface area contributed by atoms with Gasteiger partial charge in [0.15, 0.2) is 0 Å². The fourth-order valence-electron chi connectivity index (χ4n) is 2.84. The molecule has 0 heterocycles. The van der Waals surface area contributed by atoms with Crippen molar-refractivity contribution in [3.63, 3.8) is 0 Å². The lowest BCUT2D eigenvalue weighted by Crippen LogP contribution is -2.51. The number of ether oxygens (including phenoxy) is 1. The van der Waals surface area contributed by atoms with Crippen molar-refractivity contribution >= 4 is 12.4 Å². The molecule has 1 unspecified atom stereocenters. The average molecular weight is 271 g/mol. The predicted octanol–water partition coefficient (Wildman–Crippen LogP) is 2.30. The van der Waals surface area contributed by atoms with Crippen LogP contribution in [-0.2, 0) is 14.3 Å². The number of carboxylic acid groups (broad SMARTS) is 1. The van der Waals surface area contributed by atoms with Crippen LogP contribution in [-0.4, -0.2) is 29.3 Å². The molecule has 0 spiro atoms. The molecule has 0 radical (unpaired) electrons. The molecular formula is C14H25NO4. The molecular weight excluding hydrogens is 246 g/mol. The minimum absolute atomic E-state index is 0.0363. The van der Waals surface area contributed by atoms with Crippen LogP contribution in [0.15, 0.2) is 0 Å². The number of aliphatic carboxylic acids is 1. The molecule has 0 aromatic heterocycles. The van der Waals surface area contributed by atoms with Crippen LogP contribution >= 0.6 is 0 Å². The number of hydrogen-bond acceptors (Lipinski definition) is 3. The van der Waals surface area contributed by atoms with Crippen molar-refractivity contribution in [2.45, 2.75) is 71.1 Å². The van der Waals surface area contributed by atoms with Gasteiger partial charge in [0.05, 0.1) is 12.0 Å². The van der Waals surface area contributed by atoms with Gasteiger partial charge >= 0.3 is 5.97 Å². The van der Waals surface area contributed by atoms with Crippen LogP contribution < -0.4 is 5.32 Å². The van der Waals surface area contributed by atoms with Gasteiger partial charge in [-0.3, -0.25) is 9.59 Å². The number of hydrogen-bond donors (Lipinski definition) is 2. The summed E-state index contributed by atoms with van der Waals surface area (Å²) >= 11 is 0. The summed E-state index contributed by atoms with van der Waals surface area (Å²) in [5.74, 6) is -0.836. The van der Waals surface area contributed by atoms with Crippen LogP contribution in [0, 0.1) is 5.41 Å². The van der Waals surface area contributed by atoms with Gasteiger partial charge in [-0.1, -0.05) is 19.3 Å². The van der Waals surface area contributed by atoms with Crippen LogP contribution in [0.2, 0.25) is 0 Å². The smallest absolute Gasteiger partial charge is 0.304 e. The lowest BCUT2D eigenvalue weighted by molar-refractivity contribution is -0.165. The molecule has 1 saturated carbocycles. The SMILES string of the molecule is CC(C)(C)OC(NC=O)C1(CC(=O)O)CCCCC1. The molecule has 0 aromatic rings. The van der Waals surface area contributed by atoms with Crippen molar-refractivity contribution in [2.75, 3.05) is 0 Å². The fourth-order valence-corrected chi connectivity index (χ4v) is 2.84. The summed E-state index contributed by atoms with van der Waals surface area (Å²) in [6.07, 6.45) is 4.74. The minimum atomic E-state index is -0.836. The van der Waals surface area contributed by atoms with Crippen LogP contribution in [0.3, 0.4) is 0 Å². The third kappa shape index (κ3) is 4.82. The minimum Gasteiger partial charge on any atom is -0.481 e. The van der Waals surface area contributed by atoms with E-state index in [2.05, 4.69) is 5.32 Å². The van der Waals surface area contributed by atoms with E-state index in [4.69, 9.17) is 4.74 Å². The van der Waals surface area contributed by atoms with Crippen molar-refractivity contribution in [3.05, 3.63) is 0 Å². The van der Waals surface area contributed by atoms with E-state index in [1.165, 1.54) is 0 Å². The Morgan fingerprint density at radius 1 is 1.37 bits per heavy atom. The number of carbonyl (C=O) groups excluding carboxylic acids is 1. The summed E-state index contributed by atoms with van der Waals surface area (Å²) in [4.78, 5) is 22.0. The Balaban J connectivity index is 2.95. The summed E-state index contributed by atoms with van der Waals surface area (Å²) in [5.41, 5.74) is -0.915. The first-order valence-corrected chi connectivity index (χ1v) is 6.88. The number of carbonyl (C=O) groups is 2. The molecule has 1 amide bonds. The van der Waals surface area contributed by atoms with Crippen molar-refractivity contribution in [1.82, 2.24) is 5.32 Å². The average Bonchev–Trinajstić information content (AvgIpc) is 2.27. The first-order chi connectivity index (χ1) is 8.79. The van der Waals surface area contributed by atoms with Gasteiger partial charge in [0.25, 0.3) is 0 Å². The van der Waals surface area contributed by atoms with E-state index < -0.39 is 23.2 Å². The standard InChI is InChI=1S/C14H25NO4/c1-13(2,3)19-12(15-10-16)14(9-11(17)18)7-5-4-6-8-14/h10,12H,4-9H2,1-3H3,(H,15,16)(H,17,18). The first kappa shape index (κ1) is 16.0. The zero-order chi connectivity index (χ0) is 14.5. The van der Waals surface area contributed by atoms with E-state index >= 15 is 0 Å². The third-order valence-electron chi connectivity index (χ3n) is 3.60. The first-order valence-electron chi connectivity index (χ1n) is 6.88. The normalized spacial score (nSPS) is 20.6. The van der Waals surface area contributed by atoms with Crippen LogP contribution in [0.1, 0.15) is 59.3 Å². The number of nitrogens with one attached hydrogen (secondary N) is 1. The van der Waals surface area contributed by atoms with Gasteiger partial charge in [-0.05, 0) is 33.6 Å². The molecule has 2 N–H and O–H groups in total. The van der Waals surface area contributed by atoms with Crippen LogP contribution in [0.25, 0.3) is 0 Å². The summed E-state index contributed by atoms with van der Waals surface area (Å²) in [5, 5.41) is 11.9. The van der Waals surface area contributed by atoms with Crippen molar-refractivity contribution in [1.29, 1.82) is 0 Å². The van der Waals surface area contributed by atoms with E-state index in [1.807, 2.05) is 20.8 Å². The highest BCUT2D eigenvalue weighted by Crippen LogP contribution is 2.43. The molecule has 1 rings (SSSR count). The Kier molecular flexibility index (Phi) is 5.35. The van der Waals surface area contributed by atoms with Gasteiger partial charge in [0, 0.05) is 5.41 Å². The molecule has 0 saturated heterocycles. The molecule has 1 aliphatic rings. The molecule has 1 aliphatic carbocycles. The molecule has 0 aromatic carbocycles. The van der Waals surface area contributed by atoms with Gasteiger partial charge in [-0.15, -0.1) is 0 Å². The second-order valence-electron chi connectivity index (χ2n) is 6.39. The highest BCUT2D eigenvalue weighted by Gasteiger charge is 2.43. The van der Waals surface area contributed by atoms with E-state index in [9.17, 15) is 14.7 Å². The Labute approximate surface area is 114 Å². The zero-order valence-electron chi connectivity index (χ0n) is 12.1. The molecule has 5 heteroatoms. The van der Waals surface area contributed by atoms with Gasteiger partial charge in [-0.2, -0.15) is 0 Å². The van der Waals surface area contributed by atoms with Gasteiger partial charge in [0.2, 0.25) is 6.41 Å². The summed E-state index contributed by atoms with van der Waals surface area (Å²) in [6, 6.07) is 0. The monoisotopic (exact) mass is 271 g/mol. The maximum Gasteiger partial charge on any atom is 0.304 e. The second-order valence-corrected chi connectivity index (χ2v) is 6.39. The molecule has 0 aliphatic heterocycles. The number of amides is 1. The molecule has 5 nitrogen and oxygen atoms in total. The molecule has 19 heavy (non-hydrogen) atoms. The van der Waals surface area contributed by atoms with E-state index in [-0.39, 0.29) is 6.42 Å². The maximum absolute atomic E-state index is 11.2. The third-order valence-corrected chi connectivity index (χ3v) is 3.60. The second kappa shape index (κ2) is 6.37. The summed E-state index contributed by atoms with van der Waals surface area (Å²) in [6.45, 7) is 5.72. The van der Waals surface area contributed by atoms with Crippen molar-refractivity contribution in [3.8, 4) is 0 Å². The fraction of sp³-hybridized carbons (Fsp3) is 0.857. The molecule has 1 atom stereocenters. The Morgan fingerprint density at radius 2 is 1.95 bits per heavy atom. The highest BCUT2D eigenvalue weighted by molar-refractivity contribution is 5.68. The Bertz CT molecular complexity index is 316. The highest BCUT2D eigenvalue weighted by atomic mass is 16.5. The van der Waals surface area contributed by atoms with E-state index in [1.54, 1.807) is 0 Å². The summed E-state index contributed by atoms with van der Waals surface area (Å²) < 4.78 is 5.92. The van der Waals surface area contributed by atoms with Gasteiger partial charge < -0.3 is 15.2 Å². The van der Waals surface area contributed by atoms with Crippen LogP contribution in [0.4, 0.5) is 0 Å². The van der Waals surface area contributed by atoms with E-state index in [0.29, 0.717) is 6.41 Å². The maximum atomic E-state index is 11.2. The van der Waals surface area contributed by atoms with Crippen LogP contribution in [0.5, 0.6) is 0 Å². The van der Waals surface area contributed by atoms with Gasteiger partial charge in [0.1, 0.15) is 6.23 Å².